The number of piperidine rings is 1. The normalized spacial score (nSPS) is 14.8. The number of ether oxygens (including phenoxy) is 2. The zero-order chi connectivity index (χ0) is 19.1. The summed E-state index contributed by atoms with van der Waals surface area (Å²) in [5.41, 5.74) is 1.99. The molecule has 1 amide bonds. The van der Waals surface area contributed by atoms with Crippen LogP contribution in [0.3, 0.4) is 0 Å². The van der Waals surface area contributed by atoms with Gasteiger partial charge in [0.1, 0.15) is 0 Å². The number of hydrogen-bond acceptors (Lipinski definition) is 4. The highest BCUT2D eigenvalue weighted by Gasteiger charge is 2.24. The molecule has 1 aliphatic heterocycles. The summed E-state index contributed by atoms with van der Waals surface area (Å²) in [6.07, 6.45) is 2.99. The minimum Gasteiger partial charge on any atom is -0.493 e. The van der Waals surface area contributed by atoms with Gasteiger partial charge < -0.3 is 19.7 Å². The van der Waals surface area contributed by atoms with Crippen LogP contribution in [0.1, 0.15) is 28.8 Å². The predicted molar refractivity (Wildman–Crippen MR) is 107 cm³/mol. The first-order chi connectivity index (χ1) is 13.2. The van der Waals surface area contributed by atoms with Crippen molar-refractivity contribution in [3.8, 4) is 11.5 Å². The predicted octanol–water partition coefficient (Wildman–Crippen LogP) is 3.14. The molecule has 1 N–H and O–H groups in total. The SMILES string of the molecule is COc1ccc(C(=O)N2CCC(NCCc3ccccc3)CC2)cc1OC. The molecule has 0 aromatic heterocycles. The molecule has 0 spiro atoms. The molecule has 1 aliphatic rings. The molecule has 1 fully saturated rings. The topological polar surface area (TPSA) is 50.8 Å². The number of amides is 1. The van der Waals surface area contributed by atoms with Gasteiger partial charge in [0.15, 0.2) is 11.5 Å². The van der Waals surface area contributed by atoms with E-state index in [2.05, 4.69) is 29.6 Å². The van der Waals surface area contributed by atoms with E-state index in [1.54, 1.807) is 32.4 Å². The van der Waals surface area contributed by atoms with E-state index in [-0.39, 0.29) is 5.91 Å². The molecule has 2 aromatic carbocycles. The van der Waals surface area contributed by atoms with Crippen molar-refractivity contribution >= 4 is 5.91 Å². The number of nitrogens with zero attached hydrogens (tertiary/aromatic N) is 1. The average Bonchev–Trinajstić information content (AvgIpc) is 2.74. The lowest BCUT2D eigenvalue weighted by molar-refractivity contribution is 0.0705. The summed E-state index contributed by atoms with van der Waals surface area (Å²) in [5.74, 6) is 1.27. The van der Waals surface area contributed by atoms with Gasteiger partial charge in [-0.3, -0.25) is 4.79 Å². The Labute approximate surface area is 161 Å². The summed E-state index contributed by atoms with van der Waals surface area (Å²) in [6.45, 7) is 2.52. The molecule has 144 valence electrons. The fourth-order valence-electron chi connectivity index (χ4n) is 3.50. The quantitative estimate of drug-likeness (QED) is 0.816. The molecule has 0 saturated carbocycles. The molecule has 5 heteroatoms. The monoisotopic (exact) mass is 368 g/mol. The molecule has 0 aliphatic carbocycles. The van der Waals surface area contributed by atoms with Crippen molar-refractivity contribution in [2.75, 3.05) is 33.9 Å². The van der Waals surface area contributed by atoms with Gasteiger partial charge in [-0.1, -0.05) is 30.3 Å². The molecule has 0 radical (unpaired) electrons. The van der Waals surface area contributed by atoms with Gasteiger partial charge in [-0.15, -0.1) is 0 Å². The van der Waals surface area contributed by atoms with E-state index in [4.69, 9.17) is 9.47 Å². The van der Waals surface area contributed by atoms with Crippen molar-refractivity contribution in [3.63, 3.8) is 0 Å². The molecule has 3 rings (SSSR count). The number of likely N-dealkylation sites (tertiary alicyclic amines) is 1. The van der Waals surface area contributed by atoms with E-state index >= 15 is 0 Å². The second kappa shape index (κ2) is 9.42. The van der Waals surface area contributed by atoms with Crippen LogP contribution in [0, 0.1) is 0 Å². The van der Waals surface area contributed by atoms with Crippen molar-refractivity contribution in [3.05, 3.63) is 59.7 Å². The summed E-state index contributed by atoms with van der Waals surface area (Å²) in [7, 11) is 3.17. The second-order valence-corrected chi connectivity index (χ2v) is 6.83. The highest BCUT2D eigenvalue weighted by atomic mass is 16.5. The van der Waals surface area contributed by atoms with Crippen LogP contribution in [0.25, 0.3) is 0 Å². The molecule has 27 heavy (non-hydrogen) atoms. The van der Waals surface area contributed by atoms with Crippen LogP contribution in [0.15, 0.2) is 48.5 Å². The zero-order valence-electron chi connectivity index (χ0n) is 16.1. The number of hydrogen-bond donors (Lipinski definition) is 1. The molecular weight excluding hydrogens is 340 g/mol. The molecule has 0 atom stereocenters. The number of nitrogens with one attached hydrogen (secondary N) is 1. The zero-order valence-corrected chi connectivity index (χ0v) is 16.1. The fraction of sp³-hybridized carbons (Fsp3) is 0.409. The molecule has 1 heterocycles. The van der Waals surface area contributed by atoms with Gasteiger partial charge in [-0.05, 0) is 49.6 Å². The molecule has 5 nitrogen and oxygen atoms in total. The van der Waals surface area contributed by atoms with Crippen molar-refractivity contribution in [2.24, 2.45) is 0 Å². The van der Waals surface area contributed by atoms with Crippen LogP contribution in [-0.2, 0) is 6.42 Å². The van der Waals surface area contributed by atoms with Gasteiger partial charge in [0.2, 0.25) is 0 Å². The third-order valence-electron chi connectivity index (χ3n) is 5.10. The van der Waals surface area contributed by atoms with E-state index in [0.29, 0.717) is 23.1 Å². The maximum Gasteiger partial charge on any atom is 0.253 e. The smallest absolute Gasteiger partial charge is 0.253 e. The molecule has 1 saturated heterocycles. The molecule has 0 unspecified atom stereocenters. The van der Waals surface area contributed by atoms with Crippen LogP contribution in [0.2, 0.25) is 0 Å². The van der Waals surface area contributed by atoms with Gasteiger partial charge in [0.05, 0.1) is 14.2 Å². The van der Waals surface area contributed by atoms with Gasteiger partial charge >= 0.3 is 0 Å². The maximum absolute atomic E-state index is 12.8. The van der Waals surface area contributed by atoms with E-state index in [1.165, 1.54) is 5.56 Å². The van der Waals surface area contributed by atoms with E-state index in [9.17, 15) is 4.79 Å². The largest absolute Gasteiger partial charge is 0.493 e. The van der Waals surface area contributed by atoms with Crippen molar-refractivity contribution in [1.82, 2.24) is 10.2 Å². The lowest BCUT2D eigenvalue weighted by atomic mass is 10.0. The lowest BCUT2D eigenvalue weighted by Gasteiger charge is -2.32. The highest BCUT2D eigenvalue weighted by molar-refractivity contribution is 5.95. The molecule has 2 aromatic rings. The number of methoxy groups -OCH3 is 2. The van der Waals surface area contributed by atoms with Crippen LogP contribution in [0.4, 0.5) is 0 Å². The maximum atomic E-state index is 12.8. The summed E-state index contributed by atoms with van der Waals surface area (Å²) in [6, 6.07) is 16.3. The number of carbonyl (C=O) groups excluding carboxylic acids is 1. The van der Waals surface area contributed by atoms with Crippen LogP contribution >= 0.6 is 0 Å². The Morgan fingerprint density at radius 2 is 1.74 bits per heavy atom. The first kappa shape index (κ1) is 19.2. The van der Waals surface area contributed by atoms with Crippen LogP contribution in [0.5, 0.6) is 11.5 Å². The van der Waals surface area contributed by atoms with Gasteiger partial charge in [0, 0.05) is 24.7 Å². The van der Waals surface area contributed by atoms with Crippen molar-refractivity contribution in [1.29, 1.82) is 0 Å². The third kappa shape index (κ3) is 5.01. The molecule has 0 bridgehead atoms. The number of rotatable bonds is 7. The lowest BCUT2D eigenvalue weighted by Crippen LogP contribution is -2.45. The highest BCUT2D eigenvalue weighted by Crippen LogP contribution is 2.28. The van der Waals surface area contributed by atoms with Gasteiger partial charge in [0.25, 0.3) is 5.91 Å². The Bertz CT molecular complexity index is 740. The first-order valence-corrected chi connectivity index (χ1v) is 9.50. The van der Waals surface area contributed by atoms with Gasteiger partial charge in [-0.2, -0.15) is 0 Å². The summed E-state index contributed by atoms with van der Waals surface area (Å²) in [5, 5.41) is 3.63. The van der Waals surface area contributed by atoms with E-state index in [0.717, 1.165) is 38.9 Å². The Kier molecular flexibility index (Phi) is 6.71. The van der Waals surface area contributed by atoms with E-state index < -0.39 is 0 Å². The standard InChI is InChI=1S/C22H28N2O3/c1-26-20-9-8-18(16-21(20)27-2)22(25)24-14-11-19(12-15-24)23-13-10-17-6-4-3-5-7-17/h3-9,16,19,23H,10-15H2,1-2H3. The minimum absolute atomic E-state index is 0.0543. The Morgan fingerprint density at radius 1 is 1.04 bits per heavy atom. The first-order valence-electron chi connectivity index (χ1n) is 9.50. The Balaban J connectivity index is 1.48. The summed E-state index contributed by atoms with van der Waals surface area (Å²) in [4.78, 5) is 14.7. The third-order valence-corrected chi connectivity index (χ3v) is 5.10. The Hall–Kier alpha value is -2.53. The Morgan fingerprint density at radius 3 is 2.41 bits per heavy atom. The van der Waals surface area contributed by atoms with Crippen molar-refractivity contribution < 1.29 is 14.3 Å². The van der Waals surface area contributed by atoms with Crippen molar-refractivity contribution in [2.45, 2.75) is 25.3 Å². The van der Waals surface area contributed by atoms with Gasteiger partial charge in [-0.25, -0.2) is 0 Å². The fourth-order valence-corrected chi connectivity index (χ4v) is 3.50. The summed E-state index contributed by atoms with van der Waals surface area (Å²) < 4.78 is 10.5. The van der Waals surface area contributed by atoms with E-state index in [1.807, 2.05) is 11.0 Å². The minimum atomic E-state index is 0.0543. The van der Waals surface area contributed by atoms with Crippen LogP contribution in [-0.4, -0.2) is 50.7 Å². The number of benzene rings is 2. The van der Waals surface area contributed by atoms with Crippen LogP contribution < -0.4 is 14.8 Å². The summed E-state index contributed by atoms with van der Waals surface area (Å²) >= 11 is 0. The second-order valence-electron chi connectivity index (χ2n) is 6.83. The molecular formula is C22H28N2O3. The average molecular weight is 368 g/mol. The number of carbonyl (C=O) groups is 1.